The molecule has 2 atom stereocenters. The van der Waals surface area contributed by atoms with Gasteiger partial charge in [0.25, 0.3) is 0 Å². The molecule has 0 amide bonds. The molecule has 2 aliphatic carbocycles. The lowest BCUT2D eigenvalue weighted by molar-refractivity contribution is 0.116. The Kier molecular flexibility index (Phi) is 2.15. The molecule has 0 aliphatic heterocycles. The van der Waals surface area contributed by atoms with Gasteiger partial charge in [0.2, 0.25) is 0 Å². The molecule has 3 heteroatoms. The fourth-order valence-electron chi connectivity index (χ4n) is 3.21. The molecule has 2 unspecified atom stereocenters. The van der Waals surface area contributed by atoms with Crippen molar-refractivity contribution in [1.82, 2.24) is 4.98 Å². The molecule has 1 aromatic heterocycles. The molecule has 0 bridgehead atoms. The van der Waals surface area contributed by atoms with Crippen LogP contribution in [-0.4, -0.2) is 16.7 Å². The van der Waals surface area contributed by atoms with E-state index in [1.54, 1.807) is 11.3 Å². The quantitative estimate of drug-likeness (QED) is 0.853. The van der Waals surface area contributed by atoms with Gasteiger partial charge < -0.3 is 5.11 Å². The van der Waals surface area contributed by atoms with Crippen molar-refractivity contribution < 1.29 is 5.11 Å². The second-order valence-electron chi connectivity index (χ2n) is 5.36. The van der Waals surface area contributed by atoms with Crippen molar-refractivity contribution in [3.05, 3.63) is 16.1 Å². The predicted molar refractivity (Wildman–Crippen MR) is 60.9 cm³/mol. The lowest BCUT2D eigenvalue weighted by Crippen LogP contribution is -2.26. The van der Waals surface area contributed by atoms with Crippen molar-refractivity contribution in [2.75, 3.05) is 6.61 Å². The van der Waals surface area contributed by atoms with Crippen LogP contribution in [0.5, 0.6) is 0 Å². The number of aromatic nitrogens is 1. The number of hydrogen-bond donors (Lipinski definition) is 1. The van der Waals surface area contributed by atoms with Crippen LogP contribution in [0.1, 0.15) is 30.0 Å². The first-order chi connectivity index (χ1) is 7.21. The zero-order valence-corrected chi connectivity index (χ0v) is 9.89. The summed E-state index contributed by atoms with van der Waals surface area (Å²) in [5.41, 5.74) is 1.36. The summed E-state index contributed by atoms with van der Waals surface area (Å²) < 4.78 is 0. The molecule has 0 radical (unpaired) electrons. The molecule has 2 aliphatic rings. The van der Waals surface area contributed by atoms with Crippen molar-refractivity contribution in [3.8, 4) is 0 Å². The Labute approximate surface area is 94.4 Å². The summed E-state index contributed by atoms with van der Waals surface area (Å²) in [5.74, 6) is 1.86. The number of rotatable bonds is 3. The van der Waals surface area contributed by atoms with E-state index in [1.807, 2.05) is 6.92 Å². The maximum absolute atomic E-state index is 9.60. The topological polar surface area (TPSA) is 33.1 Å². The molecule has 82 valence electrons. The van der Waals surface area contributed by atoms with Gasteiger partial charge in [-0.1, -0.05) is 0 Å². The van der Waals surface area contributed by atoms with Crippen LogP contribution in [0.25, 0.3) is 0 Å². The summed E-state index contributed by atoms with van der Waals surface area (Å²) in [4.78, 5) is 4.51. The van der Waals surface area contributed by atoms with Crippen LogP contribution in [0, 0.1) is 24.2 Å². The molecule has 1 aromatic rings. The third kappa shape index (κ3) is 1.72. The second-order valence-corrected chi connectivity index (χ2v) is 6.42. The normalized spacial score (nSPS) is 38.0. The smallest absolute Gasteiger partial charge is 0.0897 e. The number of aliphatic hydroxyl groups excluding tert-OH is 1. The van der Waals surface area contributed by atoms with Gasteiger partial charge in [0, 0.05) is 12.0 Å². The van der Waals surface area contributed by atoms with E-state index in [2.05, 4.69) is 10.4 Å². The Hall–Kier alpha value is -0.410. The zero-order valence-electron chi connectivity index (χ0n) is 9.07. The van der Waals surface area contributed by atoms with Crippen LogP contribution >= 0.6 is 11.3 Å². The maximum atomic E-state index is 9.60. The highest BCUT2D eigenvalue weighted by Crippen LogP contribution is 2.60. The average molecular weight is 223 g/mol. The monoisotopic (exact) mass is 223 g/mol. The summed E-state index contributed by atoms with van der Waals surface area (Å²) in [5, 5.41) is 12.9. The van der Waals surface area contributed by atoms with Gasteiger partial charge in [-0.15, -0.1) is 11.3 Å². The standard InChI is InChI=1S/C12H17NOS/c1-8-13-11(6-15-8)5-12(7-14)3-9-2-10(9)4-12/h6,9-10,14H,2-5,7H2,1H3. The molecule has 2 saturated carbocycles. The van der Waals surface area contributed by atoms with Crippen molar-refractivity contribution in [2.45, 2.75) is 32.6 Å². The molecule has 1 N–H and O–H groups in total. The summed E-state index contributed by atoms with van der Waals surface area (Å²) in [6.45, 7) is 2.39. The largest absolute Gasteiger partial charge is 0.396 e. The highest BCUT2D eigenvalue weighted by Gasteiger charge is 2.53. The van der Waals surface area contributed by atoms with Crippen LogP contribution in [0.4, 0.5) is 0 Å². The lowest BCUT2D eigenvalue weighted by atomic mass is 9.80. The Morgan fingerprint density at radius 1 is 1.53 bits per heavy atom. The molecule has 15 heavy (non-hydrogen) atoms. The Morgan fingerprint density at radius 3 is 2.80 bits per heavy atom. The van der Waals surface area contributed by atoms with Gasteiger partial charge in [0.15, 0.2) is 0 Å². The molecule has 2 nitrogen and oxygen atoms in total. The van der Waals surface area contributed by atoms with Gasteiger partial charge in [-0.3, -0.25) is 0 Å². The molecule has 0 saturated heterocycles. The second kappa shape index (κ2) is 3.29. The van der Waals surface area contributed by atoms with Crippen LogP contribution in [0.15, 0.2) is 5.38 Å². The SMILES string of the molecule is Cc1nc(CC2(CO)CC3CC3C2)cs1. The maximum Gasteiger partial charge on any atom is 0.0897 e. The third-order valence-corrected chi connectivity index (χ3v) is 4.84. The molecule has 0 spiro atoms. The minimum Gasteiger partial charge on any atom is -0.396 e. The first kappa shape index (κ1) is 9.79. The zero-order chi connectivity index (χ0) is 10.5. The summed E-state index contributed by atoms with van der Waals surface area (Å²) >= 11 is 1.72. The van der Waals surface area contributed by atoms with E-state index in [0.717, 1.165) is 23.3 Å². The van der Waals surface area contributed by atoms with Gasteiger partial charge in [0.05, 0.1) is 10.7 Å². The minimum atomic E-state index is 0.175. The predicted octanol–water partition coefficient (Wildman–Crippen LogP) is 2.40. The number of aliphatic hydroxyl groups is 1. The van der Waals surface area contributed by atoms with E-state index in [9.17, 15) is 5.11 Å². The fourth-order valence-corrected chi connectivity index (χ4v) is 3.82. The van der Waals surface area contributed by atoms with Gasteiger partial charge in [0.1, 0.15) is 0 Å². The lowest BCUT2D eigenvalue weighted by Gasteiger charge is -2.27. The minimum absolute atomic E-state index is 0.175. The third-order valence-electron chi connectivity index (χ3n) is 4.02. The van der Waals surface area contributed by atoms with E-state index >= 15 is 0 Å². The van der Waals surface area contributed by atoms with Crippen molar-refractivity contribution in [2.24, 2.45) is 17.3 Å². The molecule has 3 rings (SSSR count). The highest BCUT2D eigenvalue weighted by atomic mass is 32.1. The van der Waals surface area contributed by atoms with E-state index < -0.39 is 0 Å². The van der Waals surface area contributed by atoms with Gasteiger partial charge in [-0.05, 0) is 49.9 Å². The Balaban J connectivity index is 1.75. The van der Waals surface area contributed by atoms with Crippen molar-refractivity contribution in [1.29, 1.82) is 0 Å². The van der Waals surface area contributed by atoms with E-state index in [-0.39, 0.29) is 5.41 Å². The number of fused-ring (bicyclic) bond motifs is 1. The number of aryl methyl sites for hydroxylation is 1. The van der Waals surface area contributed by atoms with E-state index in [0.29, 0.717) is 6.61 Å². The van der Waals surface area contributed by atoms with Crippen LogP contribution in [0.2, 0.25) is 0 Å². The van der Waals surface area contributed by atoms with Crippen molar-refractivity contribution in [3.63, 3.8) is 0 Å². The Bertz CT molecular complexity index is 363. The fraction of sp³-hybridized carbons (Fsp3) is 0.750. The summed E-state index contributed by atoms with van der Waals surface area (Å²) in [7, 11) is 0. The number of thiazole rings is 1. The van der Waals surface area contributed by atoms with Gasteiger partial charge in [-0.2, -0.15) is 0 Å². The van der Waals surface area contributed by atoms with E-state index in [1.165, 1.54) is 25.0 Å². The van der Waals surface area contributed by atoms with Crippen LogP contribution in [0.3, 0.4) is 0 Å². The molecular weight excluding hydrogens is 206 g/mol. The molecule has 0 aromatic carbocycles. The molecule has 1 heterocycles. The van der Waals surface area contributed by atoms with Crippen LogP contribution in [-0.2, 0) is 6.42 Å². The van der Waals surface area contributed by atoms with Crippen LogP contribution < -0.4 is 0 Å². The molecule has 2 fully saturated rings. The highest BCUT2D eigenvalue weighted by molar-refractivity contribution is 7.09. The summed E-state index contributed by atoms with van der Waals surface area (Å²) in [6.07, 6.45) is 4.86. The Morgan fingerprint density at radius 2 is 2.27 bits per heavy atom. The average Bonchev–Trinajstić information content (AvgIpc) is 2.65. The van der Waals surface area contributed by atoms with Gasteiger partial charge >= 0.3 is 0 Å². The number of nitrogens with zero attached hydrogens (tertiary/aromatic N) is 1. The number of hydrogen-bond acceptors (Lipinski definition) is 3. The first-order valence-electron chi connectivity index (χ1n) is 5.73. The first-order valence-corrected chi connectivity index (χ1v) is 6.61. The van der Waals surface area contributed by atoms with Gasteiger partial charge in [-0.25, -0.2) is 4.98 Å². The van der Waals surface area contributed by atoms with Crippen molar-refractivity contribution >= 4 is 11.3 Å². The molecular formula is C12H17NOS. The summed E-state index contributed by atoms with van der Waals surface area (Å²) in [6, 6.07) is 0. The van der Waals surface area contributed by atoms with E-state index in [4.69, 9.17) is 0 Å².